The van der Waals surface area contributed by atoms with Gasteiger partial charge in [-0.2, -0.15) is 0 Å². The van der Waals surface area contributed by atoms with Crippen LogP contribution in [0.3, 0.4) is 0 Å². The number of Topliss-reactive ketones (excluding diaryl/α,β-unsaturated/α-hetero) is 1. The van der Waals surface area contributed by atoms with Gasteiger partial charge in [0, 0.05) is 16.7 Å². The van der Waals surface area contributed by atoms with Gasteiger partial charge in [0.15, 0.2) is 17.7 Å². The average molecular weight is 525 g/mol. The summed E-state index contributed by atoms with van der Waals surface area (Å²) in [6.07, 6.45) is 8.11. The Bertz CT molecular complexity index is 1190. The van der Waals surface area contributed by atoms with E-state index >= 15 is 0 Å². The van der Waals surface area contributed by atoms with E-state index in [9.17, 15) is 19.1 Å². The second-order valence-corrected chi connectivity index (χ2v) is 12.3. The van der Waals surface area contributed by atoms with Crippen molar-refractivity contribution < 1.29 is 33.3 Å². The Balaban J connectivity index is 1.34. The van der Waals surface area contributed by atoms with Crippen molar-refractivity contribution in [2.45, 2.75) is 83.4 Å². The Morgan fingerprint density at radius 2 is 2.00 bits per heavy atom. The third-order valence-corrected chi connectivity index (χ3v) is 10.4. The monoisotopic (exact) mass is 524 g/mol. The molecule has 0 spiro atoms. The second-order valence-electron chi connectivity index (χ2n) is 12.3. The summed E-state index contributed by atoms with van der Waals surface area (Å²) in [4.78, 5) is 26.3. The highest BCUT2D eigenvalue weighted by Gasteiger charge is 2.75. The lowest BCUT2D eigenvalue weighted by atomic mass is 9.46. The van der Waals surface area contributed by atoms with Crippen LogP contribution in [-0.2, 0) is 19.1 Å². The molecule has 6 nitrogen and oxygen atoms in total. The molecule has 7 heteroatoms. The summed E-state index contributed by atoms with van der Waals surface area (Å²) in [6, 6.07) is 5.62. The van der Waals surface area contributed by atoms with Crippen LogP contribution in [0, 0.1) is 34.4 Å². The van der Waals surface area contributed by atoms with Crippen LogP contribution in [0.4, 0.5) is 4.39 Å². The molecule has 204 valence electrons. The molecule has 4 aliphatic carbocycles. The molecule has 6 rings (SSSR count). The summed E-state index contributed by atoms with van der Waals surface area (Å²) < 4.78 is 32.3. The summed E-state index contributed by atoms with van der Waals surface area (Å²) >= 11 is 0. The Morgan fingerprint density at radius 1 is 1.24 bits per heavy atom. The van der Waals surface area contributed by atoms with E-state index in [0.717, 1.165) is 24.8 Å². The molecule has 0 radical (unpaired) electrons. The number of aliphatic hydroxyl groups excluding tert-OH is 1. The minimum absolute atomic E-state index is 0.0101. The minimum Gasteiger partial charge on any atom is -0.486 e. The fourth-order valence-electron chi connectivity index (χ4n) is 8.79. The van der Waals surface area contributed by atoms with Gasteiger partial charge in [-0.3, -0.25) is 9.59 Å². The molecule has 1 heterocycles. The highest BCUT2D eigenvalue weighted by atomic mass is 19.1. The van der Waals surface area contributed by atoms with Crippen LogP contribution in [-0.4, -0.2) is 47.4 Å². The molecular formula is C31H37FO6. The number of allylic oxidation sites excluding steroid dienone is 4. The SMILES string of the molecule is CCCC1O[C@H]2CC3C4CCC5=CC(=O)C=CC5(C)C4[C@@H](O)CC3(C)[C@]2(C(=O)COc2ccc(F)cc2)O1. The predicted octanol–water partition coefficient (Wildman–Crippen LogP) is 4.94. The number of ether oxygens (including phenoxy) is 3. The van der Waals surface area contributed by atoms with E-state index < -0.39 is 29.5 Å². The van der Waals surface area contributed by atoms with E-state index in [1.54, 1.807) is 12.2 Å². The van der Waals surface area contributed by atoms with Gasteiger partial charge in [0.25, 0.3) is 0 Å². The molecule has 1 N–H and O–H groups in total. The van der Waals surface area contributed by atoms with Crippen molar-refractivity contribution in [2.75, 3.05) is 6.61 Å². The Labute approximate surface area is 223 Å². The van der Waals surface area contributed by atoms with Crippen molar-refractivity contribution >= 4 is 11.6 Å². The molecule has 3 saturated carbocycles. The van der Waals surface area contributed by atoms with Crippen molar-refractivity contribution in [1.82, 2.24) is 0 Å². The first-order valence-corrected chi connectivity index (χ1v) is 14.0. The topological polar surface area (TPSA) is 82.1 Å². The van der Waals surface area contributed by atoms with Crippen LogP contribution >= 0.6 is 0 Å². The molecule has 0 aromatic heterocycles. The maximum atomic E-state index is 14.1. The number of halogens is 1. The lowest BCUT2D eigenvalue weighted by Crippen LogP contribution is -2.63. The molecular weight excluding hydrogens is 487 g/mol. The molecule has 38 heavy (non-hydrogen) atoms. The van der Waals surface area contributed by atoms with E-state index in [0.29, 0.717) is 25.0 Å². The molecule has 4 fully saturated rings. The second kappa shape index (κ2) is 9.10. The van der Waals surface area contributed by atoms with Gasteiger partial charge in [0.2, 0.25) is 5.78 Å². The number of hydrogen-bond acceptors (Lipinski definition) is 6. The van der Waals surface area contributed by atoms with Crippen LogP contribution < -0.4 is 4.74 Å². The van der Waals surface area contributed by atoms with Gasteiger partial charge in [0.05, 0.1) is 12.2 Å². The van der Waals surface area contributed by atoms with Gasteiger partial charge < -0.3 is 19.3 Å². The summed E-state index contributed by atoms with van der Waals surface area (Å²) in [7, 11) is 0. The Hall–Kier alpha value is -2.35. The molecule has 6 unspecified atom stereocenters. The van der Waals surface area contributed by atoms with E-state index in [2.05, 4.69) is 20.8 Å². The van der Waals surface area contributed by atoms with Crippen molar-refractivity contribution in [3.8, 4) is 5.75 Å². The highest BCUT2D eigenvalue weighted by Crippen LogP contribution is 2.69. The number of carbonyl (C=O) groups is 2. The molecule has 1 aromatic carbocycles. The quantitative estimate of drug-likeness (QED) is 0.568. The minimum atomic E-state index is -1.22. The largest absolute Gasteiger partial charge is 0.486 e. The summed E-state index contributed by atoms with van der Waals surface area (Å²) in [5, 5.41) is 11.8. The van der Waals surface area contributed by atoms with E-state index in [-0.39, 0.29) is 47.2 Å². The highest BCUT2D eigenvalue weighted by molar-refractivity contribution is 6.01. The van der Waals surface area contributed by atoms with Gasteiger partial charge in [-0.1, -0.05) is 38.8 Å². The normalized spacial score (nSPS) is 43.1. The Kier molecular flexibility index (Phi) is 6.21. The van der Waals surface area contributed by atoms with Gasteiger partial charge >= 0.3 is 0 Å². The number of hydrogen-bond donors (Lipinski definition) is 1. The predicted molar refractivity (Wildman–Crippen MR) is 138 cm³/mol. The van der Waals surface area contributed by atoms with Gasteiger partial charge in [-0.05, 0) is 80.4 Å². The number of aliphatic hydroxyl groups is 1. The third kappa shape index (κ3) is 3.61. The zero-order valence-corrected chi connectivity index (χ0v) is 22.3. The van der Waals surface area contributed by atoms with Crippen LogP contribution in [0.5, 0.6) is 5.75 Å². The number of benzene rings is 1. The molecule has 1 aliphatic heterocycles. The molecule has 0 amide bonds. The summed E-state index contributed by atoms with van der Waals surface area (Å²) in [5.41, 5.74) is -1.15. The van der Waals surface area contributed by atoms with Crippen LogP contribution in [0.15, 0.2) is 48.1 Å². The number of ketones is 2. The van der Waals surface area contributed by atoms with Crippen LogP contribution in [0.25, 0.3) is 0 Å². The zero-order valence-electron chi connectivity index (χ0n) is 22.3. The van der Waals surface area contributed by atoms with E-state index in [4.69, 9.17) is 14.2 Å². The molecule has 5 aliphatic rings. The molecule has 1 aromatic rings. The number of carbonyl (C=O) groups excluding carboxylic acids is 2. The first-order valence-electron chi connectivity index (χ1n) is 14.0. The van der Waals surface area contributed by atoms with Crippen molar-refractivity contribution in [3.63, 3.8) is 0 Å². The maximum Gasteiger partial charge on any atom is 0.205 e. The summed E-state index contributed by atoms with van der Waals surface area (Å²) in [5.74, 6) is 0.0981. The fourth-order valence-corrected chi connectivity index (χ4v) is 8.79. The molecule has 9 atom stereocenters. The molecule has 0 bridgehead atoms. The first kappa shape index (κ1) is 25.9. The lowest BCUT2D eigenvalue weighted by molar-refractivity contribution is -0.200. The Morgan fingerprint density at radius 3 is 2.74 bits per heavy atom. The fraction of sp³-hybridized carbons (Fsp3) is 0.613. The average Bonchev–Trinajstić information content (AvgIpc) is 3.36. The van der Waals surface area contributed by atoms with Crippen molar-refractivity contribution in [3.05, 3.63) is 53.9 Å². The zero-order chi connectivity index (χ0) is 26.9. The molecule has 1 saturated heterocycles. The van der Waals surface area contributed by atoms with Gasteiger partial charge in [-0.15, -0.1) is 0 Å². The van der Waals surface area contributed by atoms with Crippen molar-refractivity contribution in [1.29, 1.82) is 0 Å². The first-order chi connectivity index (χ1) is 18.1. The standard InChI is InChI=1S/C31H37FO6/c1-4-5-27-37-26-15-23-22-11-6-18-14-20(33)12-13-29(18,2)28(22)24(34)16-30(23,3)31(26,38-27)25(35)17-36-21-9-7-19(32)8-10-21/h7-10,12-14,22-24,26-28,34H,4-6,11,15-17H2,1-3H3/t22?,23?,24-,26-,27?,28?,29?,30?,31+/m0/s1. The smallest absolute Gasteiger partial charge is 0.205 e. The van der Waals surface area contributed by atoms with Crippen molar-refractivity contribution in [2.24, 2.45) is 28.6 Å². The lowest BCUT2D eigenvalue weighted by Gasteiger charge is -2.59. The maximum absolute atomic E-state index is 14.1. The van der Waals surface area contributed by atoms with Crippen LogP contribution in [0.1, 0.15) is 59.3 Å². The van der Waals surface area contributed by atoms with Gasteiger partial charge in [-0.25, -0.2) is 4.39 Å². The summed E-state index contributed by atoms with van der Waals surface area (Å²) in [6.45, 7) is 6.08. The third-order valence-electron chi connectivity index (χ3n) is 10.4. The van der Waals surface area contributed by atoms with E-state index in [1.165, 1.54) is 24.3 Å². The van der Waals surface area contributed by atoms with Crippen LogP contribution in [0.2, 0.25) is 0 Å². The number of fused-ring (bicyclic) bond motifs is 7. The van der Waals surface area contributed by atoms with E-state index in [1.807, 2.05) is 6.08 Å². The van der Waals surface area contributed by atoms with Gasteiger partial charge in [0.1, 0.15) is 18.2 Å². The number of rotatable bonds is 6.